The number of fused-ring (bicyclic) bond motifs is 2. The van der Waals surface area contributed by atoms with Crippen LogP contribution < -0.4 is 0 Å². The Balaban J connectivity index is 1.39. The minimum atomic E-state index is -0.0956. The van der Waals surface area contributed by atoms with Crippen LogP contribution in [0.15, 0.2) is 67.1 Å². The molecule has 5 rings (SSSR count). The van der Waals surface area contributed by atoms with Crippen LogP contribution in [0.3, 0.4) is 0 Å². The highest BCUT2D eigenvalue weighted by Gasteiger charge is 2.21. The highest BCUT2D eigenvalue weighted by Crippen LogP contribution is 2.25. The summed E-state index contributed by atoms with van der Waals surface area (Å²) >= 11 is 0. The van der Waals surface area contributed by atoms with Crippen molar-refractivity contribution in [2.24, 2.45) is 7.05 Å². The highest BCUT2D eigenvalue weighted by molar-refractivity contribution is 5.97. The Labute approximate surface area is 185 Å². The Morgan fingerprint density at radius 3 is 2.59 bits per heavy atom. The molecule has 1 unspecified atom stereocenters. The fraction of sp³-hybridized carbons (Fsp3) is 0.200. The van der Waals surface area contributed by atoms with E-state index in [1.54, 1.807) is 15.8 Å². The lowest BCUT2D eigenvalue weighted by Crippen LogP contribution is -2.29. The van der Waals surface area contributed by atoms with Crippen LogP contribution in [-0.2, 0) is 7.05 Å². The summed E-state index contributed by atoms with van der Waals surface area (Å²) in [5, 5.41) is 5.29. The van der Waals surface area contributed by atoms with Crippen LogP contribution in [0, 0.1) is 6.92 Å². The molecule has 0 fully saturated rings. The molecule has 0 bridgehead atoms. The number of benzene rings is 2. The highest BCUT2D eigenvalue weighted by atomic mass is 16.2. The summed E-state index contributed by atoms with van der Waals surface area (Å²) in [6.45, 7) is 3.95. The summed E-state index contributed by atoms with van der Waals surface area (Å²) in [5.41, 5.74) is 6.31. The molecular formula is C25H24N6O. The van der Waals surface area contributed by atoms with Gasteiger partial charge in [0.05, 0.1) is 28.3 Å². The number of carbonyl (C=O) groups excluding carboxylic acids is 1. The van der Waals surface area contributed by atoms with Crippen molar-refractivity contribution in [2.45, 2.75) is 19.9 Å². The second-order valence-corrected chi connectivity index (χ2v) is 8.09. The monoisotopic (exact) mass is 424 g/mol. The molecule has 0 radical (unpaired) electrons. The third-order valence-electron chi connectivity index (χ3n) is 6.12. The number of imidazole rings is 1. The Kier molecular flexibility index (Phi) is 4.74. The molecule has 1 atom stereocenters. The zero-order valence-electron chi connectivity index (χ0n) is 18.5. The zero-order valence-corrected chi connectivity index (χ0v) is 18.5. The van der Waals surface area contributed by atoms with Gasteiger partial charge in [0.15, 0.2) is 5.65 Å². The molecule has 0 saturated carbocycles. The van der Waals surface area contributed by atoms with Crippen LogP contribution in [-0.4, -0.2) is 42.2 Å². The van der Waals surface area contributed by atoms with Crippen molar-refractivity contribution >= 4 is 28.0 Å². The first-order chi connectivity index (χ1) is 15.4. The van der Waals surface area contributed by atoms with Crippen molar-refractivity contribution in [3.8, 4) is 5.69 Å². The number of hydrogen-bond acceptors (Lipinski definition) is 4. The first-order valence-electron chi connectivity index (χ1n) is 10.5. The van der Waals surface area contributed by atoms with Gasteiger partial charge in [-0.2, -0.15) is 5.10 Å². The summed E-state index contributed by atoms with van der Waals surface area (Å²) < 4.78 is 3.80. The molecule has 5 aromatic rings. The predicted molar refractivity (Wildman–Crippen MR) is 125 cm³/mol. The standard InChI is InChI=1S/C25H24N6O/c1-16-21-13-19(14-26-24(21)30(4)28-16)25(32)29(3)17(2)18-9-11-20(12-10-18)31-15-27-22-7-5-6-8-23(22)31/h5-15,17H,1-4H3. The molecule has 0 N–H and O–H groups in total. The smallest absolute Gasteiger partial charge is 0.255 e. The number of para-hydroxylation sites is 2. The molecule has 3 heterocycles. The van der Waals surface area contributed by atoms with E-state index in [1.165, 1.54) is 0 Å². The number of hydrogen-bond donors (Lipinski definition) is 0. The summed E-state index contributed by atoms with van der Waals surface area (Å²) in [6, 6.07) is 18.1. The minimum absolute atomic E-state index is 0.0696. The molecule has 0 spiro atoms. The number of amides is 1. The van der Waals surface area contributed by atoms with E-state index in [4.69, 9.17) is 0 Å². The number of aryl methyl sites for hydroxylation is 2. The number of nitrogens with zero attached hydrogens (tertiary/aromatic N) is 6. The molecule has 3 aromatic heterocycles. The third-order valence-corrected chi connectivity index (χ3v) is 6.12. The Morgan fingerprint density at radius 1 is 1.06 bits per heavy atom. The van der Waals surface area contributed by atoms with E-state index in [1.807, 2.05) is 58.5 Å². The fourth-order valence-corrected chi connectivity index (χ4v) is 4.11. The summed E-state index contributed by atoms with van der Waals surface area (Å²) in [4.78, 5) is 23.8. The molecule has 0 aliphatic heterocycles. The lowest BCUT2D eigenvalue weighted by atomic mass is 10.1. The van der Waals surface area contributed by atoms with Gasteiger partial charge in [-0.1, -0.05) is 24.3 Å². The van der Waals surface area contributed by atoms with Crippen LogP contribution in [0.2, 0.25) is 0 Å². The van der Waals surface area contributed by atoms with Crippen molar-refractivity contribution in [3.63, 3.8) is 0 Å². The van der Waals surface area contributed by atoms with Crippen LogP contribution in [0.4, 0.5) is 0 Å². The van der Waals surface area contributed by atoms with Crippen molar-refractivity contribution in [1.82, 2.24) is 29.2 Å². The van der Waals surface area contributed by atoms with Gasteiger partial charge in [-0.25, -0.2) is 9.97 Å². The Hall–Kier alpha value is -4.00. The van der Waals surface area contributed by atoms with Gasteiger partial charge in [-0.15, -0.1) is 0 Å². The summed E-state index contributed by atoms with van der Waals surface area (Å²) in [5.74, 6) is -0.0696. The largest absolute Gasteiger partial charge is 0.335 e. The van der Waals surface area contributed by atoms with Crippen molar-refractivity contribution in [2.75, 3.05) is 7.05 Å². The molecule has 0 aliphatic rings. The normalized spacial score (nSPS) is 12.4. The lowest BCUT2D eigenvalue weighted by Gasteiger charge is -2.25. The van der Waals surface area contributed by atoms with E-state index in [0.29, 0.717) is 5.56 Å². The first-order valence-corrected chi connectivity index (χ1v) is 10.5. The average Bonchev–Trinajstić information content (AvgIpc) is 3.38. The predicted octanol–water partition coefficient (Wildman–Crippen LogP) is 4.45. The molecule has 7 heteroatoms. The fourth-order valence-electron chi connectivity index (χ4n) is 4.11. The molecule has 32 heavy (non-hydrogen) atoms. The van der Waals surface area contributed by atoms with E-state index < -0.39 is 0 Å². The number of pyridine rings is 1. The van der Waals surface area contributed by atoms with Gasteiger partial charge in [0.1, 0.15) is 6.33 Å². The average molecular weight is 425 g/mol. The second-order valence-electron chi connectivity index (χ2n) is 8.09. The maximum Gasteiger partial charge on any atom is 0.255 e. The van der Waals surface area contributed by atoms with E-state index in [9.17, 15) is 4.79 Å². The van der Waals surface area contributed by atoms with Crippen LogP contribution in [0.1, 0.15) is 34.6 Å². The molecule has 0 saturated heterocycles. The van der Waals surface area contributed by atoms with Gasteiger partial charge in [0, 0.05) is 31.4 Å². The van der Waals surface area contributed by atoms with Crippen LogP contribution in [0.5, 0.6) is 0 Å². The Morgan fingerprint density at radius 2 is 1.81 bits per heavy atom. The van der Waals surface area contributed by atoms with Gasteiger partial charge in [0.25, 0.3) is 5.91 Å². The SMILES string of the molecule is Cc1nn(C)c2ncc(C(=O)N(C)C(C)c3ccc(-n4cnc5ccccc54)cc3)cc12. The number of aromatic nitrogens is 5. The summed E-state index contributed by atoms with van der Waals surface area (Å²) in [7, 11) is 3.68. The van der Waals surface area contributed by atoms with Crippen LogP contribution in [0.25, 0.3) is 27.8 Å². The lowest BCUT2D eigenvalue weighted by molar-refractivity contribution is 0.0742. The number of rotatable bonds is 4. The topological polar surface area (TPSA) is 68.8 Å². The maximum atomic E-state index is 13.2. The molecule has 0 aliphatic carbocycles. The zero-order chi connectivity index (χ0) is 22.4. The van der Waals surface area contributed by atoms with Gasteiger partial charge in [-0.05, 0) is 49.7 Å². The molecule has 1 amide bonds. The maximum absolute atomic E-state index is 13.2. The van der Waals surface area contributed by atoms with Crippen molar-refractivity contribution in [3.05, 3.63) is 83.9 Å². The quantitative estimate of drug-likeness (QED) is 0.427. The molecular weight excluding hydrogens is 400 g/mol. The first kappa shape index (κ1) is 19.9. The van der Waals surface area contributed by atoms with Crippen molar-refractivity contribution in [1.29, 1.82) is 0 Å². The van der Waals surface area contributed by atoms with Crippen LogP contribution >= 0.6 is 0 Å². The van der Waals surface area contributed by atoms with E-state index in [0.717, 1.165) is 39.0 Å². The minimum Gasteiger partial charge on any atom is -0.335 e. The molecule has 160 valence electrons. The molecule has 2 aromatic carbocycles. The van der Waals surface area contributed by atoms with Crippen molar-refractivity contribution < 1.29 is 4.79 Å². The van der Waals surface area contributed by atoms with Gasteiger partial charge in [0.2, 0.25) is 0 Å². The summed E-state index contributed by atoms with van der Waals surface area (Å²) in [6.07, 6.45) is 3.46. The van der Waals surface area contributed by atoms with E-state index >= 15 is 0 Å². The van der Waals surface area contributed by atoms with Gasteiger partial charge in [-0.3, -0.25) is 14.0 Å². The van der Waals surface area contributed by atoms with E-state index in [-0.39, 0.29) is 11.9 Å². The second kappa shape index (κ2) is 7.60. The molecule has 7 nitrogen and oxygen atoms in total. The Bertz CT molecular complexity index is 1450. The van der Waals surface area contributed by atoms with Gasteiger partial charge >= 0.3 is 0 Å². The third kappa shape index (κ3) is 3.22. The number of carbonyl (C=O) groups is 1. The van der Waals surface area contributed by atoms with E-state index in [2.05, 4.69) is 50.0 Å². The van der Waals surface area contributed by atoms with Gasteiger partial charge < -0.3 is 4.90 Å².